The van der Waals surface area contributed by atoms with Gasteiger partial charge in [-0.1, -0.05) is 24.3 Å². The topological polar surface area (TPSA) is 9.23 Å². The van der Waals surface area contributed by atoms with Crippen LogP contribution in [0.2, 0.25) is 0 Å². The predicted octanol–water partition coefficient (Wildman–Crippen LogP) is 4.15. The third-order valence-corrected chi connectivity index (χ3v) is 5.48. The molecule has 1 aliphatic heterocycles. The van der Waals surface area contributed by atoms with Gasteiger partial charge >= 0.3 is 0 Å². The molecule has 0 fully saturated rings. The van der Waals surface area contributed by atoms with Gasteiger partial charge in [0.05, 0.1) is 6.61 Å². The standard InChI is InChI=1S/C11H10I2O/c1-7-4-2-3-5-8(7)11-10(13)9(12)6-14-11/h2-5,11H,6H2,1H3. The summed E-state index contributed by atoms with van der Waals surface area (Å²) >= 11 is 4.75. The van der Waals surface area contributed by atoms with E-state index in [-0.39, 0.29) is 6.10 Å². The molecule has 2 rings (SSSR count). The minimum Gasteiger partial charge on any atom is -0.363 e. The Bertz CT molecular complexity index is 385. The molecule has 3 heteroatoms. The molecule has 14 heavy (non-hydrogen) atoms. The van der Waals surface area contributed by atoms with E-state index in [1.165, 1.54) is 18.3 Å². The largest absolute Gasteiger partial charge is 0.363 e. The molecule has 0 saturated carbocycles. The fraction of sp³-hybridized carbons (Fsp3) is 0.273. The smallest absolute Gasteiger partial charge is 0.115 e. The lowest BCUT2D eigenvalue weighted by Gasteiger charge is -2.13. The Hall–Kier alpha value is 0.380. The van der Waals surface area contributed by atoms with Crippen LogP contribution >= 0.6 is 45.2 Å². The minimum absolute atomic E-state index is 0.170. The van der Waals surface area contributed by atoms with E-state index in [1.807, 2.05) is 0 Å². The van der Waals surface area contributed by atoms with E-state index in [0.29, 0.717) is 0 Å². The van der Waals surface area contributed by atoms with Crippen molar-refractivity contribution < 1.29 is 4.74 Å². The van der Waals surface area contributed by atoms with Crippen LogP contribution in [0.4, 0.5) is 0 Å². The lowest BCUT2D eigenvalue weighted by molar-refractivity contribution is 0.127. The van der Waals surface area contributed by atoms with Crippen LogP contribution in [0.1, 0.15) is 17.2 Å². The van der Waals surface area contributed by atoms with Gasteiger partial charge < -0.3 is 4.74 Å². The van der Waals surface area contributed by atoms with E-state index in [2.05, 4.69) is 76.4 Å². The summed E-state index contributed by atoms with van der Waals surface area (Å²) in [6, 6.07) is 8.41. The predicted molar refractivity (Wildman–Crippen MR) is 74.9 cm³/mol. The average Bonchev–Trinajstić information content (AvgIpc) is 2.49. The molecule has 1 aromatic rings. The lowest BCUT2D eigenvalue weighted by Crippen LogP contribution is -2.00. The molecule has 0 radical (unpaired) electrons. The maximum atomic E-state index is 5.76. The number of rotatable bonds is 1. The molecular formula is C11H10I2O. The van der Waals surface area contributed by atoms with Crippen molar-refractivity contribution in [2.45, 2.75) is 13.0 Å². The molecule has 1 unspecified atom stereocenters. The van der Waals surface area contributed by atoms with Crippen molar-refractivity contribution >= 4 is 45.2 Å². The van der Waals surface area contributed by atoms with Crippen molar-refractivity contribution in [3.63, 3.8) is 0 Å². The summed E-state index contributed by atoms with van der Waals surface area (Å²) in [4.78, 5) is 0. The van der Waals surface area contributed by atoms with Gasteiger partial charge in [-0.15, -0.1) is 0 Å². The summed E-state index contributed by atoms with van der Waals surface area (Å²) in [6.45, 7) is 2.89. The summed E-state index contributed by atoms with van der Waals surface area (Å²) < 4.78 is 8.42. The number of hydrogen-bond donors (Lipinski definition) is 0. The highest BCUT2D eigenvalue weighted by Crippen LogP contribution is 2.41. The van der Waals surface area contributed by atoms with Crippen LogP contribution in [0.15, 0.2) is 31.4 Å². The molecule has 1 nitrogen and oxygen atoms in total. The summed E-state index contributed by atoms with van der Waals surface area (Å²) in [5, 5.41) is 0. The Balaban J connectivity index is 2.38. The molecule has 0 amide bonds. The van der Waals surface area contributed by atoms with Gasteiger partial charge in [0.2, 0.25) is 0 Å². The molecule has 1 aliphatic rings. The third kappa shape index (κ3) is 1.99. The van der Waals surface area contributed by atoms with Crippen LogP contribution in [0.25, 0.3) is 0 Å². The Morgan fingerprint density at radius 3 is 2.57 bits per heavy atom. The number of aryl methyl sites for hydroxylation is 1. The monoisotopic (exact) mass is 412 g/mol. The van der Waals surface area contributed by atoms with Crippen molar-refractivity contribution in [3.05, 3.63) is 42.6 Å². The van der Waals surface area contributed by atoms with Crippen molar-refractivity contribution in [2.24, 2.45) is 0 Å². The van der Waals surface area contributed by atoms with Gasteiger partial charge in [-0.2, -0.15) is 0 Å². The van der Waals surface area contributed by atoms with Crippen LogP contribution in [0.3, 0.4) is 0 Å². The Labute approximate surface area is 111 Å². The molecule has 0 spiro atoms. The van der Waals surface area contributed by atoms with E-state index in [4.69, 9.17) is 4.74 Å². The van der Waals surface area contributed by atoms with Crippen molar-refractivity contribution in [2.75, 3.05) is 6.61 Å². The highest BCUT2D eigenvalue weighted by Gasteiger charge is 2.25. The molecule has 1 atom stereocenters. The summed E-state index contributed by atoms with van der Waals surface area (Å²) in [6.07, 6.45) is 0.170. The molecule has 1 heterocycles. The lowest BCUT2D eigenvalue weighted by atomic mass is 10.0. The van der Waals surface area contributed by atoms with E-state index < -0.39 is 0 Å². The zero-order valence-corrected chi connectivity index (χ0v) is 12.1. The highest BCUT2D eigenvalue weighted by atomic mass is 127. The molecule has 0 aliphatic carbocycles. The number of halogens is 2. The first-order valence-electron chi connectivity index (χ1n) is 4.41. The van der Waals surface area contributed by atoms with E-state index >= 15 is 0 Å². The summed E-state index contributed by atoms with van der Waals surface area (Å²) in [5.74, 6) is 0. The Morgan fingerprint density at radius 2 is 2.00 bits per heavy atom. The van der Waals surface area contributed by atoms with Crippen molar-refractivity contribution in [3.8, 4) is 0 Å². The molecule has 0 N–H and O–H groups in total. The molecule has 0 saturated heterocycles. The van der Waals surface area contributed by atoms with Crippen molar-refractivity contribution in [1.29, 1.82) is 0 Å². The second kappa shape index (κ2) is 4.49. The molecular weight excluding hydrogens is 402 g/mol. The van der Waals surface area contributed by atoms with Crippen molar-refractivity contribution in [1.82, 2.24) is 0 Å². The number of ether oxygens (including phenoxy) is 1. The second-order valence-electron chi connectivity index (χ2n) is 3.30. The zero-order chi connectivity index (χ0) is 10.1. The second-order valence-corrected chi connectivity index (χ2v) is 5.76. The molecule has 0 bridgehead atoms. The van der Waals surface area contributed by atoms with E-state index in [1.54, 1.807) is 0 Å². The normalized spacial score (nSPS) is 21.8. The molecule has 1 aromatic carbocycles. The zero-order valence-electron chi connectivity index (χ0n) is 7.76. The van der Waals surface area contributed by atoms with E-state index in [9.17, 15) is 0 Å². The molecule has 74 valence electrons. The van der Waals surface area contributed by atoms with Crippen LogP contribution in [-0.4, -0.2) is 6.61 Å². The Morgan fingerprint density at radius 1 is 1.29 bits per heavy atom. The number of hydrogen-bond acceptors (Lipinski definition) is 1. The van der Waals surface area contributed by atoms with Gasteiger partial charge in [0.15, 0.2) is 0 Å². The Kier molecular flexibility index (Phi) is 3.49. The summed E-state index contributed by atoms with van der Waals surface area (Å²) in [5.41, 5.74) is 2.60. The quantitative estimate of drug-likeness (QED) is 0.631. The first kappa shape index (κ1) is 10.9. The van der Waals surface area contributed by atoms with Crippen LogP contribution in [0, 0.1) is 6.92 Å². The van der Waals surface area contributed by atoms with Crippen LogP contribution < -0.4 is 0 Å². The number of benzene rings is 1. The highest BCUT2D eigenvalue weighted by molar-refractivity contribution is 14.1. The third-order valence-electron chi connectivity index (χ3n) is 2.34. The van der Waals surface area contributed by atoms with Gasteiger partial charge in [-0.3, -0.25) is 0 Å². The SMILES string of the molecule is Cc1ccccc1C1OCC(I)=C1I. The average molecular weight is 412 g/mol. The van der Waals surface area contributed by atoms with E-state index in [0.717, 1.165) is 6.61 Å². The first-order valence-corrected chi connectivity index (χ1v) is 6.57. The van der Waals surface area contributed by atoms with Gasteiger partial charge in [0.25, 0.3) is 0 Å². The van der Waals surface area contributed by atoms with Gasteiger partial charge in [-0.05, 0) is 63.2 Å². The van der Waals surface area contributed by atoms with Gasteiger partial charge in [-0.25, -0.2) is 0 Å². The first-order chi connectivity index (χ1) is 6.70. The van der Waals surface area contributed by atoms with Crippen LogP contribution in [0.5, 0.6) is 0 Å². The fourth-order valence-electron chi connectivity index (χ4n) is 1.55. The maximum absolute atomic E-state index is 5.76. The minimum atomic E-state index is 0.170. The van der Waals surface area contributed by atoms with Gasteiger partial charge in [0.1, 0.15) is 6.10 Å². The molecule has 0 aromatic heterocycles. The maximum Gasteiger partial charge on any atom is 0.115 e. The van der Waals surface area contributed by atoms with Gasteiger partial charge in [0, 0.05) is 7.16 Å². The van der Waals surface area contributed by atoms with Crippen LogP contribution in [-0.2, 0) is 4.74 Å². The summed E-state index contributed by atoms with van der Waals surface area (Å²) in [7, 11) is 0. The fourth-order valence-corrected chi connectivity index (χ4v) is 2.68.